The first-order valence-corrected chi connectivity index (χ1v) is 9.72. The number of anilines is 3. The minimum absolute atomic E-state index is 0.0193. The molecule has 0 radical (unpaired) electrons. The van der Waals surface area contributed by atoms with Gasteiger partial charge in [0.05, 0.1) is 16.9 Å². The summed E-state index contributed by atoms with van der Waals surface area (Å²) in [7, 11) is 0. The number of carbonyl (C=O) groups excluding carboxylic acids is 1. The van der Waals surface area contributed by atoms with Crippen molar-refractivity contribution in [1.82, 2.24) is 10.3 Å². The van der Waals surface area contributed by atoms with Gasteiger partial charge in [-0.1, -0.05) is 0 Å². The second-order valence-corrected chi connectivity index (χ2v) is 7.47. The Hall–Kier alpha value is -3.59. The van der Waals surface area contributed by atoms with E-state index >= 15 is 0 Å². The van der Waals surface area contributed by atoms with Crippen molar-refractivity contribution in [3.05, 3.63) is 87.1 Å². The van der Waals surface area contributed by atoms with Gasteiger partial charge in [0, 0.05) is 43.0 Å². The van der Waals surface area contributed by atoms with Crippen molar-refractivity contribution in [3.8, 4) is 0 Å². The largest absolute Gasteiger partial charge is 0.324 e. The molecule has 0 saturated carbocycles. The molecule has 0 fully saturated rings. The molecule has 1 amide bonds. The van der Waals surface area contributed by atoms with Gasteiger partial charge in [-0.05, 0) is 35.9 Å². The minimum Gasteiger partial charge on any atom is -0.324 e. The van der Waals surface area contributed by atoms with Crippen LogP contribution in [0.1, 0.15) is 21.6 Å². The smallest absolute Gasteiger partial charge is 0.262 e. The molecule has 2 aromatic carbocycles. The maximum atomic E-state index is 14.1. The Morgan fingerprint density at radius 1 is 0.839 bits per heavy atom. The van der Waals surface area contributed by atoms with Crippen LogP contribution in [0.3, 0.4) is 0 Å². The Morgan fingerprint density at radius 3 is 2.45 bits per heavy atom. The molecule has 3 aromatic rings. The Bertz CT molecular complexity index is 1270. The van der Waals surface area contributed by atoms with Gasteiger partial charge in [-0.2, -0.15) is 0 Å². The molecule has 0 spiro atoms. The maximum absolute atomic E-state index is 14.1. The fourth-order valence-electron chi connectivity index (χ4n) is 4.10. The summed E-state index contributed by atoms with van der Waals surface area (Å²) < 4.78 is 42.2. The summed E-state index contributed by atoms with van der Waals surface area (Å²) in [6, 6.07) is 8.91. The van der Waals surface area contributed by atoms with E-state index in [2.05, 4.69) is 10.3 Å². The van der Waals surface area contributed by atoms with Gasteiger partial charge < -0.3 is 15.2 Å². The highest BCUT2D eigenvalue weighted by Crippen LogP contribution is 2.39. The summed E-state index contributed by atoms with van der Waals surface area (Å²) >= 11 is 0. The third-order valence-corrected chi connectivity index (χ3v) is 5.55. The van der Waals surface area contributed by atoms with Crippen LogP contribution in [-0.2, 0) is 13.0 Å². The van der Waals surface area contributed by atoms with Crippen molar-refractivity contribution in [2.75, 3.05) is 23.0 Å². The van der Waals surface area contributed by atoms with Gasteiger partial charge in [0.15, 0.2) is 11.6 Å². The Labute approximate surface area is 174 Å². The molecule has 9 heteroatoms. The number of H-pyrrole nitrogens is 1. The Balaban J connectivity index is 1.78. The van der Waals surface area contributed by atoms with Crippen LogP contribution in [0.25, 0.3) is 0 Å². The number of halogens is 3. The standard InChI is InChI=1S/C22H17F3N4O2/c23-13-1-2-18-12(7-13)10-26-6-5-17-19(3-4-21(30)27-17)29-11-28(18)20-9-16(25)15(24)8-14(20)22(29)31/h1-4,7-9,26H,5-6,10-11H2,(H,27,30). The highest BCUT2D eigenvalue weighted by molar-refractivity contribution is 6.12. The topological polar surface area (TPSA) is 68.4 Å². The van der Waals surface area contributed by atoms with E-state index in [4.69, 9.17) is 0 Å². The van der Waals surface area contributed by atoms with Crippen LogP contribution in [0.4, 0.5) is 30.2 Å². The number of pyridine rings is 1. The Kier molecular flexibility index (Phi) is 4.55. The fraction of sp³-hybridized carbons (Fsp3) is 0.182. The van der Waals surface area contributed by atoms with Crippen LogP contribution < -0.4 is 20.7 Å². The molecule has 2 N–H and O–H groups in total. The number of benzene rings is 2. The molecule has 158 valence electrons. The number of rotatable bonds is 0. The number of aromatic amines is 1. The van der Waals surface area contributed by atoms with E-state index in [1.165, 1.54) is 23.1 Å². The fourth-order valence-corrected chi connectivity index (χ4v) is 4.10. The van der Waals surface area contributed by atoms with Gasteiger partial charge >= 0.3 is 0 Å². The van der Waals surface area contributed by atoms with Crippen LogP contribution in [0.2, 0.25) is 0 Å². The van der Waals surface area contributed by atoms with Crippen LogP contribution >= 0.6 is 0 Å². The van der Waals surface area contributed by atoms with Crippen molar-refractivity contribution in [1.29, 1.82) is 0 Å². The third kappa shape index (κ3) is 3.27. The lowest BCUT2D eigenvalue weighted by Crippen LogP contribution is -2.46. The number of hydrogen-bond acceptors (Lipinski definition) is 4. The van der Waals surface area contributed by atoms with Gasteiger partial charge in [0.1, 0.15) is 12.5 Å². The first-order valence-electron chi connectivity index (χ1n) is 9.72. The van der Waals surface area contributed by atoms with Crippen LogP contribution in [0.5, 0.6) is 0 Å². The van der Waals surface area contributed by atoms with Crippen LogP contribution in [0, 0.1) is 17.5 Å². The molecule has 1 aromatic heterocycles. The number of aromatic nitrogens is 1. The molecule has 6 nitrogen and oxygen atoms in total. The zero-order valence-electron chi connectivity index (χ0n) is 16.2. The van der Waals surface area contributed by atoms with E-state index in [1.807, 2.05) is 0 Å². The molecule has 31 heavy (non-hydrogen) atoms. The molecule has 2 aliphatic rings. The van der Waals surface area contributed by atoms with Gasteiger partial charge in [-0.3, -0.25) is 14.5 Å². The first-order chi connectivity index (χ1) is 14.9. The molecule has 0 aliphatic carbocycles. The molecular weight excluding hydrogens is 409 g/mol. The minimum atomic E-state index is -1.14. The number of hydrogen-bond donors (Lipinski definition) is 2. The second kappa shape index (κ2) is 7.28. The summed E-state index contributed by atoms with van der Waals surface area (Å²) in [5.74, 6) is -3.17. The molecule has 3 heterocycles. The van der Waals surface area contributed by atoms with E-state index in [-0.39, 0.29) is 23.5 Å². The summed E-state index contributed by atoms with van der Waals surface area (Å²) in [5.41, 5.74) is 2.03. The van der Waals surface area contributed by atoms with E-state index in [9.17, 15) is 22.8 Å². The number of carbonyl (C=O) groups is 1. The highest BCUT2D eigenvalue weighted by Gasteiger charge is 2.34. The van der Waals surface area contributed by atoms with Crippen molar-refractivity contribution in [3.63, 3.8) is 0 Å². The van der Waals surface area contributed by atoms with Gasteiger partial charge in [0.2, 0.25) is 5.56 Å². The first kappa shape index (κ1) is 19.4. The quantitative estimate of drug-likeness (QED) is 0.580. The van der Waals surface area contributed by atoms with Crippen molar-refractivity contribution < 1.29 is 18.0 Å². The lowest BCUT2D eigenvalue weighted by Gasteiger charge is -2.39. The monoisotopic (exact) mass is 426 g/mol. The number of amides is 1. The van der Waals surface area contributed by atoms with Crippen molar-refractivity contribution >= 4 is 23.0 Å². The predicted octanol–water partition coefficient (Wildman–Crippen LogP) is 3.19. The third-order valence-electron chi connectivity index (χ3n) is 5.55. The van der Waals surface area contributed by atoms with Crippen molar-refractivity contribution in [2.24, 2.45) is 0 Å². The highest BCUT2D eigenvalue weighted by atomic mass is 19.2. The van der Waals surface area contributed by atoms with E-state index in [1.54, 1.807) is 17.0 Å². The summed E-state index contributed by atoms with van der Waals surface area (Å²) in [6.07, 6.45) is 0.407. The average Bonchev–Trinajstić information content (AvgIpc) is 2.76. The molecule has 5 rings (SSSR count). The zero-order valence-corrected chi connectivity index (χ0v) is 16.2. The summed E-state index contributed by atoms with van der Waals surface area (Å²) in [6.45, 7) is 0.749. The lowest BCUT2D eigenvalue weighted by atomic mass is 10.0. The SMILES string of the molecule is O=C1c2cc(F)c(F)cc2N2CN1c1ccc(=O)[nH]c1CCNCc1cc(F)ccc12. The molecule has 0 atom stereocenters. The number of nitrogens with one attached hydrogen (secondary N) is 2. The summed E-state index contributed by atoms with van der Waals surface area (Å²) in [4.78, 5) is 31.0. The Morgan fingerprint density at radius 2 is 1.61 bits per heavy atom. The van der Waals surface area contributed by atoms with Crippen LogP contribution in [-0.4, -0.2) is 24.1 Å². The van der Waals surface area contributed by atoms with Gasteiger partial charge in [-0.25, -0.2) is 13.2 Å². The molecule has 2 aliphatic heterocycles. The molecule has 0 saturated heterocycles. The summed E-state index contributed by atoms with van der Waals surface area (Å²) in [5, 5.41) is 3.21. The van der Waals surface area contributed by atoms with Crippen molar-refractivity contribution in [2.45, 2.75) is 13.0 Å². The molecular formula is C22H17F3N4O2. The number of fused-ring (bicyclic) bond motifs is 8. The normalized spacial score (nSPS) is 15.6. The lowest BCUT2D eigenvalue weighted by molar-refractivity contribution is 0.0982. The van der Waals surface area contributed by atoms with Gasteiger partial charge in [-0.15, -0.1) is 0 Å². The van der Waals surface area contributed by atoms with Gasteiger partial charge in [0.25, 0.3) is 5.91 Å². The van der Waals surface area contributed by atoms with E-state index in [0.717, 1.165) is 12.1 Å². The van der Waals surface area contributed by atoms with E-state index in [0.29, 0.717) is 42.1 Å². The zero-order chi connectivity index (χ0) is 21.7. The number of nitrogens with zero attached hydrogens (tertiary/aromatic N) is 2. The predicted molar refractivity (Wildman–Crippen MR) is 109 cm³/mol. The average molecular weight is 426 g/mol. The maximum Gasteiger partial charge on any atom is 0.262 e. The molecule has 2 bridgehead atoms. The van der Waals surface area contributed by atoms with Crippen LogP contribution in [0.15, 0.2) is 47.3 Å². The van der Waals surface area contributed by atoms with E-state index < -0.39 is 23.4 Å². The molecule has 0 unspecified atom stereocenters. The second-order valence-electron chi connectivity index (χ2n) is 7.47.